The first-order valence-electron chi connectivity index (χ1n) is 8.56. The number of hydrogen-bond acceptors (Lipinski definition) is 4. The maximum Gasteiger partial charge on any atom is 0.254 e. The number of rotatable bonds is 3. The first-order valence-corrected chi connectivity index (χ1v) is 8.56. The van der Waals surface area contributed by atoms with E-state index in [0.29, 0.717) is 31.7 Å². The van der Waals surface area contributed by atoms with Crippen molar-refractivity contribution in [2.24, 2.45) is 0 Å². The Kier molecular flexibility index (Phi) is 6.67. The number of nitrogens with zero attached hydrogens (tertiary/aromatic N) is 2. The van der Waals surface area contributed by atoms with E-state index in [2.05, 4.69) is 5.32 Å². The minimum Gasteiger partial charge on any atom is -0.496 e. The Labute approximate surface area is 154 Å². The normalized spacial score (nSPS) is 20.2. The second kappa shape index (κ2) is 8.54. The molecule has 3 rings (SSSR count). The SMILES string of the molecule is COc1cc(C(=O)N2CCN(C(=O)C3CCCN3)CC2)ccc1C.Cl. The zero-order chi connectivity index (χ0) is 17.1. The van der Waals surface area contributed by atoms with E-state index in [1.807, 2.05) is 28.9 Å². The van der Waals surface area contributed by atoms with Gasteiger partial charge in [-0.25, -0.2) is 0 Å². The Bertz CT molecular complexity index is 624. The van der Waals surface area contributed by atoms with Crippen molar-refractivity contribution >= 4 is 24.2 Å². The van der Waals surface area contributed by atoms with Crippen molar-refractivity contribution in [2.75, 3.05) is 39.8 Å². The molecule has 6 nitrogen and oxygen atoms in total. The second-order valence-corrected chi connectivity index (χ2v) is 6.45. The molecule has 2 aliphatic heterocycles. The standard InChI is InChI=1S/C18H25N3O3.ClH/c1-13-5-6-14(12-16(13)24-2)17(22)20-8-10-21(11-9-20)18(23)15-4-3-7-19-15;/h5-6,12,15,19H,3-4,7-11H2,1-2H3;1H. The van der Waals surface area contributed by atoms with Crippen molar-refractivity contribution in [1.82, 2.24) is 15.1 Å². The number of amides is 2. The largest absolute Gasteiger partial charge is 0.496 e. The van der Waals surface area contributed by atoms with Crippen LogP contribution in [0.3, 0.4) is 0 Å². The monoisotopic (exact) mass is 367 g/mol. The first-order chi connectivity index (χ1) is 11.6. The number of aryl methyl sites for hydroxylation is 1. The molecule has 138 valence electrons. The predicted octanol–water partition coefficient (Wildman–Crippen LogP) is 1.46. The van der Waals surface area contributed by atoms with E-state index < -0.39 is 0 Å². The predicted molar refractivity (Wildman–Crippen MR) is 98.5 cm³/mol. The molecule has 0 radical (unpaired) electrons. The Morgan fingerprint density at radius 2 is 1.84 bits per heavy atom. The molecule has 1 aromatic carbocycles. The maximum atomic E-state index is 12.7. The van der Waals surface area contributed by atoms with Gasteiger partial charge in [0, 0.05) is 31.7 Å². The lowest BCUT2D eigenvalue weighted by Crippen LogP contribution is -2.54. The number of methoxy groups -OCH3 is 1. The van der Waals surface area contributed by atoms with Crippen LogP contribution in [-0.4, -0.2) is 67.5 Å². The van der Waals surface area contributed by atoms with Gasteiger partial charge in [0.2, 0.25) is 5.91 Å². The van der Waals surface area contributed by atoms with Crippen molar-refractivity contribution in [1.29, 1.82) is 0 Å². The van der Waals surface area contributed by atoms with Crippen molar-refractivity contribution in [3.63, 3.8) is 0 Å². The number of benzene rings is 1. The van der Waals surface area contributed by atoms with Gasteiger partial charge < -0.3 is 19.9 Å². The van der Waals surface area contributed by atoms with Gasteiger partial charge in [-0.05, 0) is 44.0 Å². The molecular weight excluding hydrogens is 342 g/mol. The summed E-state index contributed by atoms with van der Waals surface area (Å²) >= 11 is 0. The summed E-state index contributed by atoms with van der Waals surface area (Å²) in [5.41, 5.74) is 1.64. The van der Waals surface area contributed by atoms with Crippen LogP contribution in [0.4, 0.5) is 0 Å². The molecule has 0 aliphatic carbocycles. The molecular formula is C18H26ClN3O3. The molecule has 2 saturated heterocycles. The number of carbonyl (C=O) groups is 2. The van der Waals surface area contributed by atoms with Gasteiger partial charge >= 0.3 is 0 Å². The Hall–Kier alpha value is -1.79. The molecule has 7 heteroatoms. The Morgan fingerprint density at radius 3 is 2.44 bits per heavy atom. The number of ether oxygens (including phenoxy) is 1. The Balaban J connectivity index is 0.00000225. The fraction of sp³-hybridized carbons (Fsp3) is 0.556. The highest BCUT2D eigenvalue weighted by Gasteiger charge is 2.30. The van der Waals surface area contributed by atoms with E-state index in [1.54, 1.807) is 13.2 Å². The van der Waals surface area contributed by atoms with E-state index in [9.17, 15) is 9.59 Å². The van der Waals surface area contributed by atoms with E-state index in [0.717, 1.165) is 30.7 Å². The van der Waals surface area contributed by atoms with Gasteiger partial charge in [-0.2, -0.15) is 0 Å². The van der Waals surface area contributed by atoms with Crippen molar-refractivity contribution in [3.8, 4) is 5.75 Å². The van der Waals surface area contributed by atoms with Crippen LogP contribution in [0, 0.1) is 6.92 Å². The lowest BCUT2D eigenvalue weighted by atomic mass is 10.1. The zero-order valence-corrected chi connectivity index (χ0v) is 15.6. The minimum atomic E-state index is -0.0337. The van der Waals surface area contributed by atoms with Gasteiger partial charge in [-0.15, -0.1) is 12.4 Å². The summed E-state index contributed by atoms with van der Waals surface area (Å²) in [6.07, 6.45) is 1.98. The van der Waals surface area contributed by atoms with Crippen LogP contribution in [0.5, 0.6) is 5.75 Å². The van der Waals surface area contributed by atoms with Crippen LogP contribution >= 0.6 is 12.4 Å². The molecule has 1 unspecified atom stereocenters. The fourth-order valence-corrected chi connectivity index (χ4v) is 3.38. The number of halogens is 1. The molecule has 1 aromatic rings. The van der Waals surface area contributed by atoms with E-state index in [1.165, 1.54) is 0 Å². The summed E-state index contributed by atoms with van der Waals surface area (Å²) in [6, 6.07) is 5.49. The van der Waals surface area contributed by atoms with E-state index in [-0.39, 0.29) is 30.3 Å². The quantitative estimate of drug-likeness (QED) is 0.878. The molecule has 2 aliphatic rings. The van der Waals surface area contributed by atoms with Crippen molar-refractivity contribution < 1.29 is 14.3 Å². The molecule has 2 fully saturated rings. The number of piperazine rings is 1. The molecule has 0 aromatic heterocycles. The average molecular weight is 368 g/mol. The molecule has 2 amide bonds. The lowest BCUT2D eigenvalue weighted by molar-refractivity contribution is -0.134. The summed E-state index contributed by atoms with van der Waals surface area (Å²) in [5.74, 6) is 0.901. The second-order valence-electron chi connectivity index (χ2n) is 6.45. The Morgan fingerprint density at radius 1 is 1.16 bits per heavy atom. The molecule has 0 spiro atoms. The van der Waals surface area contributed by atoms with Crippen molar-refractivity contribution in [3.05, 3.63) is 29.3 Å². The number of carbonyl (C=O) groups excluding carboxylic acids is 2. The fourth-order valence-electron chi connectivity index (χ4n) is 3.38. The summed E-state index contributed by atoms with van der Waals surface area (Å²) < 4.78 is 5.30. The highest BCUT2D eigenvalue weighted by atomic mass is 35.5. The van der Waals surface area contributed by atoms with Crippen LogP contribution in [0.2, 0.25) is 0 Å². The van der Waals surface area contributed by atoms with Crippen LogP contribution in [0.25, 0.3) is 0 Å². The molecule has 0 saturated carbocycles. The number of nitrogens with one attached hydrogen (secondary N) is 1. The highest BCUT2D eigenvalue weighted by molar-refractivity contribution is 5.95. The van der Waals surface area contributed by atoms with Crippen LogP contribution in [-0.2, 0) is 4.79 Å². The summed E-state index contributed by atoms with van der Waals surface area (Å²) in [4.78, 5) is 28.8. The minimum absolute atomic E-state index is 0. The third kappa shape index (κ3) is 4.25. The highest BCUT2D eigenvalue weighted by Crippen LogP contribution is 2.20. The van der Waals surface area contributed by atoms with Gasteiger partial charge in [0.1, 0.15) is 5.75 Å². The molecule has 0 bridgehead atoms. The first kappa shape index (κ1) is 19.5. The average Bonchev–Trinajstić information content (AvgIpc) is 3.16. The molecule has 1 atom stereocenters. The van der Waals surface area contributed by atoms with Crippen LogP contribution in [0.1, 0.15) is 28.8 Å². The van der Waals surface area contributed by atoms with Gasteiger partial charge in [0.15, 0.2) is 0 Å². The van der Waals surface area contributed by atoms with E-state index >= 15 is 0 Å². The zero-order valence-electron chi connectivity index (χ0n) is 14.8. The summed E-state index contributed by atoms with van der Waals surface area (Å²) in [7, 11) is 1.61. The molecule has 2 heterocycles. The summed E-state index contributed by atoms with van der Waals surface area (Å²) in [6.45, 7) is 5.23. The maximum absolute atomic E-state index is 12.7. The van der Waals surface area contributed by atoms with Gasteiger partial charge in [-0.3, -0.25) is 9.59 Å². The molecule has 25 heavy (non-hydrogen) atoms. The van der Waals surface area contributed by atoms with Crippen LogP contribution in [0.15, 0.2) is 18.2 Å². The number of hydrogen-bond donors (Lipinski definition) is 1. The van der Waals surface area contributed by atoms with E-state index in [4.69, 9.17) is 4.74 Å². The van der Waals surface area contributed by atoms with Crippen LogP contribution < -0.4 is 10.1 Å². The third-order valence-electron chi connectivity index (χ3n) is 4.89. The molecule has 1 N–H and O–H groups in total. The lowest BCUT2D eigenvalue weighted by Gasteiger charge is -2.36. The third-order valence-corrected chi connectivity index (χ3v) is 4.89. The van der Waals surface area contributed by atoms with Crippen molar-refractivity contribution in [2.45, 2.75) is 25.8 Å². The van der Waals surface area contributed by atoms with Gasteiger partial charge in [0.05, 0.1) is 13.2 Å². The van der Waals surface area contributed by atoms with Gasteiger partial charge in [0.25, 0.3) is 5.91 Å². The smallest absolute Gasteiger partial charge is 0.254 e. The topological polar surface area (TPSA) is 61.9 Å². The van der Waals surface area contributed by atoms with Gasteiger partial charge in [-0.1, -0.05) is 6.07 Å². The summed E-state index contributed by atoms with van der Waals surface area (Å²) in [5, 5.41) is 3.25.